The Labute approximate surface area is 127 Å². The molecule has 0 radical (unpaired) electrons. The van der Waals surface area contributed by atoms with E-state index in [2.05, 4.69) is 15.1 Å². The van der Waals surface area contributed by atoms with Gasteiger partial charge in [0.1, 0.15) is 5.75 Å². The molecule has 0 amide bonds. The molecule has 0 unspecified atom stereocenters. The lowest BCUT2D eigenvalue weighted by molar-refractivity contribution is -0.138. The van der Waals surface area contributed by atoms with E-state index in [9.17, 15) is 18.0 Å². The number of aryl methyl sites for hydroxylation is 1. The molecule has 3 aromatic rings. The molecule has 0 fully saturated rings. The topological polar surface area (TPSA) is 69.4 Å². The number of nitrogens with zero attached hydrogens (tertiary/aromatic N) is 4. The lowest BCUT2D eigenvalue weighted by atomic mass is 10.2. The summed E-state index contributed by atoms with van der Waals surface area (Å²) in [5.74, 6) is -1.91. The molecule has 6 nitrogen and oxygen atoms in total. The van der Waals surface area contributed by atoms with Gasteiger partial charge < -0.3 is 4.74 Å². The molecule has 0 aliphatic heterocycles. The highest BCUT2D eigenvalue weighted by Gasteiger charge is 2.35. The molecule has 0 saturated heterocycles. The van der Waals surface area contributed by atoms with Crippen LogP contribution in [-0.2, 0) is 6.18 Å². The summed E-state index contributed by atoms with van der Waals surface area (Å²) >= 11 is 0. The number of esters is 1. The maximum absolute atomic E-state index is 12.9. The van der Waals surface area contributed by atoms with Gasteiger partial charge in [-0.2, -0.15) is 18.2 Å². The first-order valence-electron chi connectivity index (χ1n) is 6.43. The highest BCUT2D eigenvalue weighted by Crippen LogP contribution is 2.36. The molecule has 9 heteroatoms. The Bertz CT molecular complexity index is 889. The molecule has 2 heterocycles. The van der Waals surface area contributed by atoms with Crippen molar-refractivity contribution in [2.75, 3.05) is 0 Å². The number of carbonyl (C=O) groups is 1. The average Bonchev–Trinajstić information content (AvgIpc) is 2.92. The second-order valence-electron chi connectivity index (χ2n) is 4.62. The van der Waals surface area contributed by atoms with Gasteiger partial charge in [-0.15, -0.1) is 5.10 Å². The van der Waals surface area contributed by atoms with Crippen molar-refractivity contribution in [1.29, 1.82) is 0 Å². The highest BCUT2D eigenvalue weighted by atomic mass is 19.4. The molecular formula is C14H9F3N4O2. The average molecular weight is 322 g/mol. The minimum atomic E-state index is -4.64. The predicted octanol–water partition coefficient (Wildman–Crippen LogP) is 2.67. The lowest BCUT2D eigenvalue weighted by Gasteiger charge is -2.11. The largest absolute Gasteiger partial charge is 0.420 e. The minimum Gasteiger partial charge on any atom is -0.420 e. The number of aromatic nitrogens is 4. The first kappa shape index (κ1) is 14.9. The number of benzene rings is 1. The van der Waals surface area contributed by atoms with Crippen LogP contribution >= 0.6 is 0 Å². The maximum atomic E-state index is 12.9. The smallest absolute Gasteiger partial charge is 0.419 e. The van der Waals surface area contributed by atoms with Gasteiger partial charge in [-0.05, 0) is 25.1 Å². The number of para-hydroxylation sites is 1. The maximum Gasteiger partial charge on any atom is 0.419 e. The summed E-state index contributed by atoms with van der Waals surface area (Å²) in [6, 6.07) is 6.07. The van der Waals surface area contributed by atoms with E-state index in [-0.39, 0.29) is 11.6 Å². The molecule has 2 aromatic heterocycles. The Morgan fingerprint density at radius 3 is 2.65 bits per heavy atom. The van der Waals surface area contributed by atoms with Crippen LogP contribution in [0.25, 0.3) is 5.78 Å². The zero-order valence-electron chi connectivity index (χ0n) is 11.7. The van der Waals surface area contributed by atoms with Gasteiger partial charge in [0, 0.05) is 11.9 Å². The van der Waals surface area contributed by atoms with Crippen LogP contribution in [0.5, 0.6) is 5.75 Å². The van der Waals surface area contributed by atoms with Crippen molar-refractivity contribution in [3.8, 4) is 5.75 Å². The number of fused-ring (bicyclic) bond motifs is 1. The van der Waals surface area contributed by atoms with Gasteiger partial charge in [0.15, 0.2) is 0 Å². The van der Waals surface area contributed by atoms with Crippen molar-refractivity contribution < 1.29 is 22.7 Å². The van der Waals surface area contributed by atoms with E-state index in [4.69, 9.17) is 4.74 Å². The van der Waals surface area contributed by atoms with Gasteiger partial charge in [0.05, 0.1) is 5.56 Å². The van der Waals surface area contributed by atoms with Gasteiger partial charge >= 0.3 is 12.1 Å². The highest BCUT2D eigenvalue weighted by molar-refractivity contribution is 5.87. The zero-order chi connectivity index (χ0) is 16.6. The van der Waals surface area contributed by atoms with E-state index in [0.29, 0.717) is 5.69 Å². The van der Waals surface area contributed by atoms with Crippen molar-refractivity contribution in [2.24, 2.45) is 0 Å². The minimum absolute atomic E-state index is 0.154. The van der Waals surface area contributed by atoms with Gasteiger partial charge in [-0.1, -0.05) is 12.1 Å². The van der Waals surface area contributed by atoms with Crippen LogP contribution in [0.2, 0.25) is 0 Å². The molecule has 23 heavy (non-hydrogen) atoms. The SMILES string of the molecule is Cc1ccnc2nc(C(=O)Oc3ccccc3C(F)(F)F)nn12. The fourth-order valence-corrected chi connectivity index (χ4v) is 1.93. The molecule has 0 bridgehead atoms. The summed E-state index contributed by atoms with van der Waals surface area (Å²) in [5, 5.41) is 3.89. The molecule has 1 aromatic carbocycles. The van der Waals surface area contributed by atoms with E-state index in [1.165, 1.54) is 22.8 Å². The van der Waals surface area contributed by atoms with Crippen LogP contribution in [0.15, 0.2) is 36.5 Å². The van der Waals surface area contributed by atoms with Crippen molar-refractivity contribution in [3.63, 3.8) is 0 Å². The Morgan fingerprint density at radius 1 is 1.22 bits per heavy atom. The van der Waals surface area contributed by atoms with Crippen LogP contribution in [0.3, 0.4) is 0 Å². The summed E-state index contributed by atoms with van der Waals surface area (Å²) in [4.78, 5) is 19.8. The fourth-order valence-electron chi connectivity index (χ4n) is 1.93. The number of hydrogen-bond acceptors (Lipinski definition) is 5. The first-order valence-corrected chi connectivity index (χ1v) is 6.43. The molecule has 0 saturated carbocycles. The summed E-state index contributed by atoms with van der Waals surface area (Å²) in [5.41, 5.74) is -0.385. The second kappa shape index (κ2) is 5.34. The third-order valence-corrected chi connectivity index (χ3v) is 3.01. The third kappa shape index (κ3) is 2.85. The lowest BCUT2D eigenvalue weighted by Crippen LogP contribution is -2.15. The van der Waals surface area contributed by atoms with Crippen molar-refractivity contribution in [3.05, 3.63) is 53.6 Å². The monoisotopic (exact) mass is 322 g/mol. The Morgan fingerprint density at radius 2 is 1.96 bits per heavy atom. The van der Waals surface area contributed by atoms with Gasteiger partial charge in [-0.3, -0.25) is 0 Å². The van der Waals surface area contributed by atoms with Crippen molar-refractivity contribution in [2.45, 2.75) is 13.1 Å². The van der Waals surface area contributed by atoms with Crippen LogP contribution < -0.4 is 4.74 Å². The van der Waals surface area contributed by atoms with E-state index >= 15 is 0 Å². The molecule has 118 valence electrons. The van der Waals surface area contributed by atoms with E-state index in [1.54, 1.807) is 13.0 Å². The predicted molar refractivity (Wildman–Crippen MR) is 71.9 cm³/mol. The molecular weight excluding hydrogens is 313 g/mol. The van der Waals surface area contributed by atoms with E-state index in [1.807, 2.05) is 0 Å². The molecule has 3 rings (SSSR count). The molecule has 0 aliphatic rings. The standard InChI is InChI=1S/C14H9F3N4O2/c1-8-6-7-18-13-19-11(20-21(8)13)12(22)23-10-5-3-2-4-9(10)14(15,16)17/h2-7H,1H3. The summed E-state index contributed by atoms with van der Waals surface area (Å²) in [6.07, 6.45) is -3.16. The molecule has 0 N–H and O–H groups in total. The van der Waals surface area contributed by atoms with Crippen LogP contribution in [0, 0.1) is 6.92 Å². The summed E-state index contributed by atoms with van der Waals surface area (Å²) in [7, 11) is 0. The number of hydrogen-bond donors (Lipinski definition) is 0. The zero-order valence-corrected chi connectivity index (χ0v) is 11.7. The fraction of sp³-hybridized carbons (Fsp3) is 0.143. The van der Waals surface area contributed by atoms with E-state index < -0.39 is 23.5 Å². The Hall–Kier alpha value is -2.97. The normalized spacial score (nSPS) is 11.7. The number of halogens is 3. The van der Waals surface area contributed by atoms with Crippen LogP contribution in [0.1, 0.15) is 21.9 Å². The van der Waals surface area contributed by atoms with E-state index in [0.717, 1.165) is 12.1 Å². The number of carbonyl (C=O) groups excluding carboxylic acids is 1. The molecule has 0 aliphatic carbocycles. The Kier molecular flexibility index (Phi) is 3.47. The number of ether oxygens (including phenoxy) is 1. The van der Waals surface area contributed by atoms with Crippen LogP contribution in [0.4, 0.5) is 13.2 Å². The molecule has 0 atom stereocenters. The van der Waals surface area contributed by atoms with Gasteiger partial charge in [-0.25, -0.2) is 14.3 Å². The second-order valence-corrected chi connectivity index (χ2v) is 4.62. The first-order chi connectivity index (χ1) is 10.9. The summed E-state index contributed by atoms with van der Waals surface area (Å²) in [6.45, 7) is 1.72. The summed E-state index contributed by atoms with van der Waals surface area (Å²) < 4.78 is 44.8. The quantitative estimate of drug-likeness (QED) is 0.536. The Balaban J connectivity index is 1.94. The van der Waals surface area contributed by atoms with Crippen molar-refractivity contribution in [1.82, 2.24) is 19.6 Å². The third-order valence-electron chi connectivity index (χ3n) is 3.01. The van der Waals surface area contributed by atoms with Crippen LogP contribution in [-0.4, -0.2) is 25.6 Å². The van der Waals surface area contributed by atoms with Gasteiger partial charge in [0.25, 0.3) is 11.6 Å². The van der Waals surface area contributed by atoms with Gasteiger partial charge in [0.2, 0.25) is 0 Å². The number of rotatable bonds is 2. The number of alkyl halides is 3. The van der Waals surface area contributed by atoms with Crippen molar-refractivity contribution >= 4 is 11.7 Å². The molecule has 0 spiro atoms.